The number of allylic oxidation sites excluding steroid dienone is 1. The number of morpholine rings is 1. The van der Waals surface area contributed by atoms with Gasteiger partial charge >= 0.3 is 0 Å². The second kappa shape index (κ2) is 12.0. The third-order valence-corrected chi connectivity index (χ3v) is 7.01. The summed E-state index contributed by atoms with van der Waals surface area (Å²) in [6, 6.07) is 10.7. The van der Waals surface area contributed by atoms with Crippen molar-refractivity contribution in [2.45, 2.75) is 52.9 Å². The standard InChI is InChI=1S/C29H36N4O5S/c1-16-7-9-22(17(2)11-16)31-28(35)26-20(5)30-29(39)32-27(26)21-8-10-23(24(12-21)36-6)37-15-25(34)33-13-18(3)38-19(4)14-33/h7-12,18-19,27H,13-15H2,1-6H3,(H,31,35)(H2,30,32,39). The Morgan fingerprint density at radius 3 is 2.46 bits per heavy atom. The van der Waals surface area contributed by atoms with Crippen molar-refractivity contribution in [1.29, 1.82) is 0 Å². The number of benzene rings is 2. The fraction of sp³-hybridized carbons (Fsp3) is 0.414. The van der Waals surface area contributed by atoms with Crippen LogP contribution in [0.4, 0.5) is 5.69 Å². The van der Waals surface area contributed by atoms with E-state index in [0.29, 0.717) is 41.0 Å². The van der Waals surface area contributed by atoms with Crippen LogP contribution in [-0.4, -0.2) is 60.8 Å². The highest BCUT2D eigenvalue weighted by Crippen LogP contribution is 2.35. The number of anilines is 1. The summed E-state index contributed by atoms with van der Waals surface area (Å²) < 4.78 is 17.2. The fourth-order valence-corrected chi connectivity index (χ4v) is 5.25. The second-order valence-corrected chi connectivity index (χ2v) is 10.5. The van der Waals surface area contributed by atoms with Crippen LogP contribution in [0.15, 0.2) is 47.7 Å². The van der Waals surface area contributed by atoms with Crippen molar-refractivity contribution in [3.8, 4) is 11.5 Å². The van der Waals surface area contributed by atoms with E-state index in [0.717, 1.165) is 22.4 Å². The predicted molar refractivity (Wildman–Crippen MR) is 154 cm³/mol. The lowest BCUT2D eigenvalue weighted by molar-refractivity contribution is -0.145. The van der Waals surface area contributed by atoms with Crippen LogP contribution < -0.4 is 25.4 Å². The first-order chi connectivity index (χ1) is 18.5. The number of thiocarbonyl (C=S) groups is 1. The van der Waals surface area contributed by atoms with Gasteiger partial charge in [0.15, 0.2) is 23.2 Å². The van der Waals surface area contributed by atoms with Gasteiger partial charge in [-0.25, -0.2) is 0 Å². The average Bonchev–Trinajstić information content (AvgIpc) is 2.87. The summed E-state index contributed by atoms with van der Waals surface area (Å²) in [5, 5.41) is 9.72. The number of carbonyl (C=O) groups excluding carboxylic acids is 2. The highest BCUT2D eigenvalue weighted by molar-refractivity contribution is 7.80. The van der Waals surface area contributed by atoms with Gasteiger partial charge in [0.2, 0.25) is 0 Å². The van der Waals surface area contributed by atoms with Crippen LogP contribution in [0.5, 0.6) is 11.5 Å². The van der Waals surface area contributed by atoms with Crippen LogP contribution in [0, 0.1) is 13.8 Å². The van der Waals surface area contributed by atoms with E-state index >= 15 is 0 Å². The molecule has 0 aliphatic carbocycles. The van der Waals surface area contributed by atoms with E-state index < -0.39 is 6.04 Å². The predicted octanol–water partition coefficient (Wildman–Crippen LogP) is 3.76. The lowest BCUT2D eigenvalue weighted by Gasteiger charge is -2.35. The summed E-state index contributed by atoms with van der Waals surface area (Å²) in [7, 11) is 1.54. The Morgan fingerprint density at radius 2 is 1.79 bits per heavy atom. The summed E-state index contributed by atoms with van der Waals surface area (Å²) in [6.07, 6.45) is -0.0409. The highest BCUT2D eigenvalue weighted by atomic mass is 32.1. The molecule has 0 saturated carbocycles. The Bertz CT molecular complexity index is 1300. The van der Waals surface area contributed by atoms with E-state index in [1.54, 1.807) is 17.0 Å². The highest BCUT2D eigenvalue weighted by Gasteiger charge is 2.31. The zero-order valence-electron chi connectivity index (χ0n) is 23.2. The van der Waals surface area contributed by atoms with E-state index in [9.17, 15) is 9.59 Å². The van der Waals surface area contributed by atoms with E-state index in [1.807, 2.05) is 58.9 Å². The molecule has 2 aromatic carbocycles. The number of carbonyl (C=O) groups is 2. The number of hydrogen-bond donors (Lipinski definition) is 3. The lowest BCUT2D eigenvalue weighted by atomic mass is 9.94. The summed E-state index contributed by atoms with van der Waals surface area (Å²) in [5.74, 6) is 0.521. The van der Waals surface area contributed by atoms with E-state index in [1.165, 1.54) is 7.11 Å². The molecular weight excluding hydrogens is 516 g/mol. The van der Waals surface area contributed by atoms with Crippen molar-refractivity contribution in [3.05, 3.63) is 64.4 Å². The van der Waals surface area contributed by atoms with Gasteiger partial charge in [-0.15, -0.1) is 0 Å². The van der Waals surface area contributed by atoms with E-state index in [2.05, 4.69) is 16.0 Å². The van der Waals surface area contributed by atoms with Crippen molar-refractivity contribution in [2.75, 3.05) is 32.1 Å². The van der Waals surface area contributed by atoms with E-state index in [4.69, 9.17) is 26.4 Å². The molecule has 3 N–H and O–H groups in total. The molecule has 0 aromatic heterocycles. The number of amides is 2. The quantitative estimate of drug-likeness (QED) is 0.447. The Kier molecular flexibility index (Phi) is 8.76. The first-order valence-electron chi connectivity index (χ1n) is 13.0. The minimum absolute atomic E-state index is 0.0205. The molecule has 0 bridgehead atoms. The monoisotopic (exact) mass is 552 g/mol. The van der Waals surface area contributed by atoms with E-state index in [-0.39, 0.29) is 30.6 Å². The minimum Gasteiger partial charge on any atom is -0.493 e. The molecule has 3 unspecified atom stereocenters. The summed E-state index contributed by atoms with van der Waals surface area (Å²) in [6.45, 7) is 10.6. The van der Waals surface area contributed by atoms with Crippen molar-refractivity contribution in [3.63, 3.8) is 0 Å². The summed E-state index contributed by atoms with van der Waals surface area (Å²) in [4.78, 5) is 28.0. The van der Waals surface area contributed by atoms with Crippen LogP contribution in [0.1, 0.15) is 43.5 Å². The molecule has 10 heteroatoms. The van der Waals surface area contributed by atoms with Gasteiger partial charge in [-0.1, -0.05) is 23.8 Å². The molecule has 39 heavy (non-hydrogen) atoms. The molecule has 2 aliphatic heterocycles. The molecule has 9 nitrogen and oxygen atoms in total. The lowest BCUT2D eigenvalue weighted by Crippen LogP contribution is -2.49. The smallest absolute Gasteiger partial charge is 0.260 e. The van der Waals surface area contributed by atoms with Crippen molar-refractivity contribution in [2.24, 2.45) is 0 Å². The van der Waals surface area contributed by atoms with Crippen LogP contribution >= 0.6 is 12.2 Å². The number of aryl methyl sites for hydroxylation is 2. The molecule has 0 radical (unpaired) electrons. The normalized spacial score (nSPS) is 21.1. The van der Waals surface area contributed by atoms with Gasteiger partial charge < -0.3 is 35.1 Å². The maximum absolute atomic E-state index is 13.5. The van der Waals surface area contributed by atoms with Gasteiger partial charge in [-0.3, -0.25) is 9.59 Å². The van der Waals surface area contributed by atoms with Gasteiger partial charge in [0.05, 0.1) is 30.9 Å². The SMILES string of the molecule is COc1cc(C2NC(=S)NC(C)=C2C(=O)Nc2ccc(C)cc2C)ccc1OCC(=O)N1CC(C)OC(C)C1. The molecule has 4 rings (SSSR count). The summed E-state index contributed by atoms with van der Waals surface area (Å²) in [5.41, 5.74) is 4.76. The molecule has 2 heterocycles. The first-order valence-corrected chi connectivity index (χ1v) is 13.4. The molecule has 2 aromatic rings. The number of hydrogen-bond acceptors (Lipinski definition) is 6. The van der Waals surface area contributed by atoms with Gasteiger partial charge in [0.25, 0.3) is 11.8 Å². The van der Waals surface area contributed by atoms with Gasteiger partial charge in [0, 0.05) is 24.5 Å². The van der Waals surface area contributed by atoms with Crippen LogP contribution in [0.2, 0.25) is 0 Å². The van der Waals surface area contributed by atoms with Crippen LogP contribution in [0.3, 0.4) is 0 Å². The average molecular weight is 553 g/mol. The van der Waals surface area contributed by atoms with Crippen molar-refractivity contribution < 1.29 is 23.8 Å². The molecule has 1 fully saturated rings. The maximum Gasteiger partial charge on any atom is 0.260 e. The molecule has 3 atom stereocenters. The third-order valence-electron chi connectivity index (χ3n) is 6.79. The fourth-order valence-electron chi connectivity index (χ4n) is 4.98. The third kappa shape index (κ3) is 6.69. The number of methoxy groups -OCH3 is 1. The molecular formula is C29H36N4O5S. The first kappa shape index (κ1) is 28.4. The Labute approximate surface area is 234 Å². The zero-order chi connectivity index (χ0) is 28.3. The maximum atomic E-state index is 13.5. The zero-order valence-corrected chi connectivity index (χ0v) is 24.0. The molecule has 0 spiro atoms. The summed E-state index contributed by atoms with van der Waals surface area (Å²) >= 11 is 5.40. The Hall–Kier alpha value is -3.63. The Balaban J connectivity index is 1.53. The largest absolute Gasteiger partial charge is 0.493 e. The van der Waals surface area contributed by atoms with Gasteiger partial charge in [0.1, 0.15) is 0 Å². The minimum atomic E-state index is -0.523. The van der Waals surface area contributed by atoms with Crippen molar-refractivity contribution >= 4 is 34.8 Å². The number of rotatable bonds is 7. The van der Waals surface area contributed by atoms with Crippen LogP contribution in [-0.2, 0) is 14.3 Å². The molecule has 2 aliphatic rings. The topological polar surface area (TPSA) is 101 Å². The van der Waals surface area contributed by atoms with Gasteiger partial charge in [-0.05, 0) is 76.2 Å². The molecule has 1 saturated heterocycles. The Morgan fingerprint density at radius 1 is 1.08 bits per heavy atom. The van der Waals surface area contributed by atoms with Crippen LogP contribution in [0.25, 0.3) is 0 Å². The van der Waals surface area contributed by atoms with Gasteiger partial charge in [-0.2, -0.15) is 0 Å². The molecule has 208 valence electrons. The second-order valence-electron chi connectivity index (χ2n) is 10.1. The number of nitrogens with one attached hydrogen (secondary N) is 3. The number of ether oxygens (including phenoxy) is 3. The number of nitrogens with zero attached hydrogens (tertiary/aromatic N) is 1. The van der Waals surface area contributed by atoms with Crippen molar-refractivity contribution in [1.82, 2.24) is 15.5 Å². The molecule has 2 amide bonds.